The van der Waals surface area contributed by atoms with Crippen molar-refractivity contribution in [3.63, 3.8) is 0 Å². The summed E-state index contributed by atoms with van der Waals surface area (Å²) in [6.07, 6.45) is 0. The smallest absolute Gasteiger partial charge is 0.00474 e. The number of nitrogens with zero attached hydrogens (tertiary/aromatic N) is 2. The minimum absolute atomic E-state index is 0.750. The summed E-state index contributed by atoms with van der Waals surface area (Å²) in [6.45, 7) is 12.8. The second-order valence-corrected chi connectivity index (χ2v) is 3.37. The summed E-state index contributed by atoms with van der Waals surface area (Å²) in [5.74, 6) is 0. The lowest BCUT2D eigenvalue weighted by molar-refractivity contribution is 0.321. The lowest BCUT2D eigenvalue weighted by atomic mass is 10.5. The fourth-order valence-corrected chi connectivity index (χ4v) is 0.671. The molecule has 0 aliphatic heterocycles. The minimum atomic E-state index is 0.750. The maximum Gasteiger partial charge on any atom is -0.00474 e. The molecule has 0 bridgehead atoms. The summed E-state index contributed by atoms with van der Waals surface area (Å²) in [5, 5.41) is 0. The molecule has 4 nitrogen and oxygen atoms in total. The Morgan fingerprint density at radius 3 is 0.875 bits per heavy atom. The normalized spacial score (nSPS) is 8.25. The molecule has 0 amide bonds. The van der Waals surface area contributed by atoms with Gasteiger partial charge < -0.3 is 21.3 Å². The van der Waals surface area contributed by atoms with E-state index in [4.69, 9.17) is 5.73 Å². The largest absolute Gasteiger partial charge is 0.333 e. The van der Waals surface area contributed by atoms with E-state index in [-0.39, 0.29) is 0 Å². The summed E-state index contributed by atoms with van der Waals surface area (Å²) in [4.78, 5) is 4.38. The summed E-state index contributed by atoms with van der Waals surface area (Å²) < 4.78 is 0. The first kappa shape index (κ1) is 24.9. The molecule has 0 saturated heterocycles. The third-order valence-corrected chi connectivity index (χ3v) is 1.34. The molecule has 0 aromatic rings. The average Bonchev–Trinajstić information content (AvgIpc) is 2.24. The predicted molar refractivity (Wildman–Crippen MR) is 77.9 cm³/mol. The quantitative estimate of drug-likeness (QED) is 0.769. The standard InChI is InChI=1S/C6H15N.C3H9N.C2H7N.CH5N/c1-4-7(5-2)6-3;1-4(2)3;1-2-3;1-2/h4-6H2,1-3H3;1-3H3;2-3H2,1H3;2H2,1H3. The van der Waals surface area contributed by atoms with Gasteiger partial charge in [0.1, 0.15) is 0 Å². The summed E-state index contributed by atoms with van der Waals surface area (Å²) in [7, 11) is 7.50. The van der Waals surface area contributed by atoms with Crippen LogP contribution >= 0.6 is 0 Å². The Balaban J connectivity index is -0.0000000685. The van der Waals surface area contributed by atoms with Gasteiger partial charge in [-0.1, -0.05) is 27.7 Å². The van der Waals surface area contributed by atoms with Crippen LogP contribution in [-0.2, 0) is 0 Å². The monoisotopic (exact) mass is 236 g/mol. The SMILES string of the molecule is CCN.CCN(CC)CC.CN.CN(C)C. The van der Waals surface area contributed by atoms with Gasteiger partial charge >= 0.3 is 0 Å². The van der Waals surface area contributed by atoms with Crippen molar-refractivity contribution in [3.8, 4) is 0 Å². The molecule has 0 radical (unpaired) electrons. The van der Waals surface area contributed by atoms with Gasteiger partial charge in [0.15, 0.2) is 0 Å². The molecule has 104 valence electrons. The molecule has 0 saturated carbocycles. The molecule has 0 aliphatic rings. The number of hydrogen-bond donors (Lipinski definition) is 2. The highest BCUT2D eigenvalue weighted by molar-refractivity contribution is 4.43. The Labute approximate surface area is 104 Å². The Bertz CT molecular complexity index is 65.2. The predicted octanol–water partition coefficient (Wildman–Crippen LogP) is 1.07. The van der Waals surface area contributed by atoms with E-state index in [0.717, 1.165) is 6.54 Å². The van der Waals surface area contributed by atoms with E-state index in [0.29, 0.717) is 0 Å². The molecule has 0 rings (SSSR count). The van der Waals surface area contributed by atoms with E-state index in [1.165, 1.54) is 26.7 Å². The maximum atomic E-state index is 4.85. The molecule has 0 aliphatic carbocycles. The highest BCUT2D eigenvalue weighted by Gasteiger charge is 1.89. The van der Waals surface area contributed by atoms with Crippen molar-refractivity contribution in [3.05, 3.63) is 0 Å². The Morgan fingerprint density at radius 1 is 0.750 bits per heavy atom. The van der Waals surface area contributed by atoms with E-state index >= 15 is 0 Å². The highest BCUT2D eigenvalue weighted by atomic mass is 15.1. The molecule has 0 heterocycles. The molecule has 0 spiro atoms. The van der Waals surface area contributed by atoms with Gasteiger partial charge in [0.2, 0.25) is 0 Å². The Hall–Kier alpha value is -0.160. The third kappa shape index (κ3) is 66.9. The molecule has 0 unspecified atom stereocenters. The van der Waals surface area contributed by atoms with E-state index < -0.39 is 0 Å². The van der Waals surface area contributed by atoms with Gasteiger partial charge in [-0.25, -0.2) is 0 Å². The van der Waals surface area contributed by atoms with Gasteiger partial charge in [0.05, 0.1) is 0 Å². The van der Waals surface area contributed by atoms with Crippen molar-refractivity contribution in [2.75, 3.05) is 54.4 Å². The fourth-order valence-electron chi connectivity index (χ4n) is 0.671. The van der Waals surface area contributed by atoms with Crippen LogP contribution in [0.25, 0.3) is 0 Å². The lowest BCUT2D eigenvalue weighted by Crippen LogP contribution is -2.21. The summed E-state index contributed by atoms with van der Waals surface area (Å²) in [6, 6.07) is 0. The van der Waals surface area contributed by atoms with E-state index in [2.05, 4.69) is 31.4 Å². The van der Waals surface area contributed by atoms with Gasteiger partial charge in [0, 0.05) is 0 Å². The van der Waals surface area contributed by atoms with Gasteiger partial charge in [-0.05, 0) is 54.4 Å². The fraction of sp³-hybridized carbons (Fsp3) is 1.00. The highest BCUT2D eigenvalue weighted by Crippen LogP contribution is 1.81. The van der Waals surface area contributed by atoms with Crippen LogP contribution in [0.15, 0.2) is 0 Å². The van der Waals surface area contributed by atoms with Crippen LogP contribution in [-0.4, -0.2) is 64.2 Å². The average molecular weight is 236 g/mol. The van der Waals surface area contributed by atoms with Gasteiger partial charge in [-0.15, -0.1) is 0 Å². The molecule has 0 aromatic heterocycles. The van der Waals surface area contributed by atoms with E-state index in [1.807, 2.05) is 33.0 Å². The maximum absolute atomic E-state index is 4.85. The van der Waals surface area contributed by atoms with Crippen molar-refractivity contribution < 1.29 is 0 Å². The molecule has 4 N–H and O–H groups in total. The topological polar surface area (TPSA) is 58.5 Å². The minimum Gasteiger partial charge on any atom is -0.333 e. The third-order valence-electron chi connectivity index (χ3n) is 1.34. The zero-order chi connectivity index (χ0) is 14.0. The number of nitrogens with two attached hydrogens (primary N) is 2. The Kier molecular flexibility index (Phi) is 45.7. The van der Waals surface area contributed by atoms with Crippen LogP contribution in [0.2, 0.25) is 0 Å². The molecular weight excluding hydrogens is 200 g/mol. The zero-order valence-electron chi connectivity index (χ0n) is 12.9. The second-order valence-electron chi connectivity index (χ2n) is 3.37. The van der Waals surface area contributed by atoms with Crippen LogP contribution in [0.1, 0.15) is 27.7 Å². The van der Waals surface area contributed by atoms with Gasteiger partial charge in [-0.2, -0.15) is 0 Å². The van der Waals surface area contributed by atoms with Crippen molar-refractivity contribution in [2.45, 2.75) is 27.7 Å². The van der Waals surface area contributed by atoms with Crippen LogP contribution in [0.3, 0.4) is 0 Å². The first-order valence-electron chi connectivity index (χ1n) is 6.10. The van der Waals surface area contributed by atoms with Crippen molar-refractivity contribution in [2.24, 2.45) is 11.5 Å². The van der Waals surface area contributed by atoms with Gasteiger partial charge in [0.25, 0.3) is 0 Å². The molecule has 16 heavy (non-hydrogen) atoms. The molecule has 0 aromatic carbocycles. The van der Waals surface area contributed by atoms with Crippen LogP contribution < -0.4 is 11.5 Å². The number of rotatable bonds is 3. The summed E-state index contributed by atoms with van der Waals surface area (Å²) in [5.41, 5.74) is 9.35. The van der Waals surface area contributed by atoms with Crippen LogP contribution in [0, 0.1) is 0 Å². The zero-order valence-corrected chi connectivity index (χ0v) is 12.9. The lowest BCUT2D eigenvalue weighted by Gasteiger charge is -2.13. The first-order valence-corrected chi connectivity index (χ1v) is 6.10. The van der Waals surface area contributed by atoms with Crippen molar-refractivity contribution in [1.29, 1.82) is 0 Å². The molecule has 0 atom stereocenters. The number of hydrogen-bond acceptors (Lipinski definition) is 4. The first-order chi connectivity index (χ1) is 7.49. The van der Waals surface area contributed by atoms with Crippen LogP contribution in [0.4, 0.5) is 0 Å². The summed E-state index contributed by atoms with van der Waals surface area (Å²) >= 11 is 0. The molecule has 4 heteroatoms. The van der Waals surface area contributed by atoms with Crippen LogP contribution in [0.5, 0.6) is 0 Å². The van der Waals surface area contributed by atoms with E-state index in [9.17, 15) is 0 Å². The van der Waals surface area contributed by atoms with E-state index in [1.54, 1.807) is 0 Å². The van der Waals surface area contributed by atoms with Crippen molar-refractivity contribution >= 4 is 0 Å². The molecular formula is C12H36N4. The second kappa shape index (κ2) is 29.4. The molecule has 0 fully saturated rings. The Morgan fingerprint density at radius 2 is 0.875 bits per heavy atom. The van der Waals surface area contributed by atoms with Crippen molar-refractivity contribution in [1.82, 2.24) is 9.80 Å². The van der Waals surface area contributed by atoms with Gasteiger partial charge in [-0.3, -0.25) is 0 Å².